The molecule has 19 rings (SSSR count). The number of hydrogen-bond acceptors (Lipinski definition) is 10. The number of piperidine rings is 6. The molecule has 566 valence electrons. The lowest BCUT2D eigenvalue weighted by atomic mass is 9.58. The first-order valence-corrected chi connectivity index (χ1v) is 43.0. The molecule has 8 bridgehead atoms. The van der Waals surface area contributed by atoms with Crippen molar-refractivity contribution in [3.05, 3.63) is 0 Å². The highest BCUT2D eigenvalue weighted by Crippen LogP contribution is 2.52. The van der Waals surface area contributed by atoms with Crippen LogP contribution in [0.4, 0.5) is 0 Å². The van der Waals surface area contributed by atoms with Gasteiger partial charge in [0.25, 0.3) is 0 Å². The molecule has 10 nitrogen and oxygen atoms in total. The first-order valence-electron chi connectivity index (χ1n) is 43.0. The van der Waals surface area contributed by atoms with E-state index >= 15 is 0 Å². The van der Waals surface area contributed by atoms with Gasteiger partial charge in [-0.05, 0) is 382 Å². The van der Waals surface area contributed by atoms with E-state index in [1.54, 1.807) is 0 Å². The largest absolute Gasteiger partial charge is 0.306 e. The Kier molecular flexibility index (Phi) is 31.0. The second kappa shape index (κ2) is 37.2. The summed E-state index contributed by atoms with van der Waals surface area (Å²) in [6, 6.07) is 5.60. The zero-order chi connectivity index (χ0) is 69.9. The van der Waals surface area contributed by atoms with E-state index in [0.717, 1.165) is 135 Å². The van der Waals surface area contributed by atoms with Crippen LogP contribution >= 0.6 is 0 Å². The summed E-state index contributed by atoms with van der Waals surface area (Å²) in [5.74, 6) is 14.2. The molecule has 13 heterocycles. The summed E-state index contributed by atoms with van der Waals surface area (Å²) < 4.78 is 0. The van der Waals surface area contributed by atoms with Crippen molar-refractivity contribution in [2.24, 2.45) is 99.1 Å². The molecule has 0 N–H and O–H groups in total. The summed E-state index contributed by atoms with van der Waals surface area (Å²) in [4.78, 5) is 25.0. The highest BCUT2D eigenvalue weighted by atomic mass is 15.2. The molecular formula is C87H168N10. The van der Waals surface area contributed by atoms with Gasteiger partial charge in [-0.15, -0.1) is 0 Å². The Bertz CT molecular complexity index is 2030. The highest BCUT2D eigenvalue weighted by Gasteiger charge is 2.50. The van der Waals surface area contributed by atoms with Gasteiger partial charge in [-0.3, -0.25) is 0 Å². The Hall–Kier alpha value is -0.400. The van der Waals surface area contributed by atoms with Gasteiger partial charge in [0, 0.05) is 95.2 Å². The lowest BCUT2D eigenvalue weighted by Gasteiger charge is -2.57. The molecule has 97 heavy (non-hydrogen) atoms. The number of likely N-dealkylation sites (tertiary alicyclic amines) is 7. The van der Waals surface area contributed by atoms with Gasteiger partial charge in [0.1, 0.15) is 0 Å². The van der Waals surface area contributed by atoms with E-state index in [-0.39, 0.29) is 0 Å². The molecule has 0 amide bonds. The average Bonchev–Trinajstić information content (AvgIpc) is 1.61. The molecule has 19 fully saturated rings. The zero-order valence-corrected chi connectivity index (χ0v) is 68.6. The van der Waals surface area contributed by atoms with Crippen LogP contribution in [-0.4, -0.2) is 247 Å². The molecular weight excluding hydrogens is 1190 g/mol. The van der Waals surface area contributed by atoms with Crippen molar-refractivity contribution in [1.29, 1.82) is 0 Å². The van der Waals surface area contributed by atoms with Crippen molar-refractivity contribution in [1.82, 2.24) is 49.0 Å². The minimum atomic E-state index is 0.786. The summed E-state index contributed by atoms with van der Waals surface area (Å²) in [7, 11) is 22.5. The maximum Gasteiger partial charge on any atom is 0.00982 e. The summed E-state index contributed by atoms with van der Waals surface area (Å²) >= 11 is 0. The van der Waals surface area contributed by atoms with Gasteiger partial charge in [-0.1, -0.05) is 82.1 Å². The minimum Gasteiger partial charge on any atom is -0.306 e. The van der Waals surface area contributed by atoms with Crippen molar-refractivity contribution in [2.75, 3.05) is 162 Å². The standard InChI is InChI=1S/C10H19N.6C9H17N.C8H15N.C8H17N.C7H15N/c1-8-6-9-4-3-5-10(7-8)11(9)2;1-7-3-8-5-10(2)6-9(8)4-7;1-7-3-8-5-9(4-7)10(2)6-8;1-8-5-9(6-8)3-4-10(2)7-9;1-8-3-4-9(5-8)6-10(2)7-9;1-7-5-9-4-3-8(7)6-10(9)2;1-7-5-8-3-4-9(6-7)10(8)2;1-7-3-8(4-7)5-9(2)6-8;1-8-4-3-6-9(2)7-5-8;1-7-3-5-8(2)6-4-7/h8-10H,3-7H2,1-2H3;2*7-9H,3-6H2,1-2H3;2*8H,3-7H2,1-2H3;2*7-9H,3-6H2,1-2H3;7H,3-6H2,1-2H3;8H,3-7H2,1-2H3;7H,3-6H2,1-2H3. The third-order valence-electron chi connectivity index (χ3n) is 30.1. The Morgan fingerprint density at radius 1 is 0.247 bits per heavy atom. The highest BCUT2D eigenvalue weighted by molar-refractivity contribution is 5.03. The molecule has 13 saturated heterocycles. The minimum absolute atomic E-state index is 0.786. The SMILES string of the molecule is CC1CC2(C1)CN(C)C2.CC1CC2(CCN(C)C2)C1.CC1CC2CC(C1)N(C)C2.CC1CC2CCC(C1)N2C.CC1CC2CCC1CN2C.CC1CC2CCCC(C1)N2C.CC1CC2CN(C)CC2C1.CC1CCC2(C1)CN(C)C2.CC1CCCN(C)CC1.CC1CCN(C)CC1. The molecule has 0 aromatic heterocycles. The first kappa shape index (κ1) is 80.7. The fraction of sp³-hybridized carbons (Fsp3) is 1.00. The van der Waals surface area contributed by atoms with Crippen molar-refractivity contribution in [3.63, 3.8) is 0 Å². The predicted molar refractivity (Wildman–Crippen MR) is 420 cm³/mol. The topological polar surface area (TPSA) is 32.4 Å². The van der Waals surface area contributed by atoms with Gasteiger partial charge in [0.05, 0.1) is 0 Å². The Morgan fingerprint density at radius 3 is 1.13 bits per heavy atom. The molecule has 3 spiro atoms. The number of hydrogen-bond donors (Lipinski definition) is 0. The normalized spacial score (nSPS) is 41.2. The maximum atomic E-state index is 2.63. The van der Waals surface area contributed by atoms with Crippen molar-refractivity contribution in [3.8, 4) is 0 Å². The number of nitrogens with zero attached hydrogens (tertiary/aromatic N) is 10. The lowest BCUT2D eigenvalue weighted by molar-refractivity contribution is -0.0758. The maximum absolute atomic E-state index is 2.63. The van der Waals surface area contributed by atoms with Gasteiger partial charge in [-0.2, -0.15) is 0 Å². The van der Waals surface area contributed by atoms with Crippen LogP contribution in [-0.2, 0) is 0 Å². The van der Waals surface area contributed by atoms with Crippen LogP contribution < -0.4 is 0 Å². The Morgan fingerprint density at radius 2 is 0.691 bits per heavy atom. The van der Waals surface area contributed by atoms with E-state index in [1.807, 2.05) is 0 Å². The average molecular weight is 1350 g/mol. The van der Waals surface area contributed by atoms with Crippen LogP contribution in [0.1, 0.15) is 262 Å². The van der Waals surface area contributed by atoms with E-state index in [9.17, 15) is 0 Å². The van der Waals surface area contributed by atoms with Crippen LogP contribution in [0.3, 0.4) is 0 Å². The Labute approximate surface area is 605 Å². The van der Waals surface area contributed by atoms with Crippen molar-refractivity contribution < 1.29 is 0 Å². The smallest absolute Gasteiger partial charge is 0.00982 e. The first-order chi connectivity index (χ1) is 46.0. The van der Waals surface area contributed by atoms with E-state index in [2.05, 4.69) is 189 Å². The molecule has 10 heteroatoms. The summed E-state index contributed by atoms with van der Waals surface area (Å²) in [5.41, 5.74) is 2.39. The van der Waals surface area contributed by atoms with Gasteiger partial charge in [-0.25, -0.2) is 0 Å². The Balaban J connectivity index is 0.000000126. The quantitative estimate of drug-likeness (QED) is 0.234. The molecule has 14 atom stereocenters. The fourth-order valence-corrected chi connectivity index (χ4v) is 24.9. The summed E-state index contributed by atoms with van der Waals surface area (Å²) in [6.45, 7) is 42.8. The number of rotatable bonds is 0. The van der Waals surface area contributed by atoms with Crippen LogP contribution in [0.15, 0.2) is 0 Å². The lowest BCUT2D eigenvalue weighted by Crippen LogP contribution is -2.60. The van der Waals surface area contributed by atoms with Gasteiger partial charge in [0.15, 0.2) is 0 Å². The molecule has 19 aliphatic rings. The van der Waals surface area contributed by atoms with Gasteiger partial charge < -0.3 is 49.0 Å². The molecule has 0 radical (unpaired) electrons. The van der Waals surface area contributed by atoms with Crippen molar-refractivity contribution in [2.45, 2.75) is 298 Å². The van der Waals surface area contributed by atoms with Crippen molar-refractivity contribution >= 4 is 0 Å². The molecule has 14 unspecified atom stereocenters. The van der Waals surface area contributed by atoms with Crippen LogP contribution in [0.5, 0.6) is 0 Å². The number of fused-ring (bicyclic) bond motifs is 10. The van der Waals surface area contributed by atoms with Gasteiger partial charge in [0.2, 0.25) is 0 Å². The predicted octanol–water partition coefficient (Wildman–Crippen LogP) is 17.1. The van der Waals surface area contributed by atoms with E-state index in [0.29, 0.717) is 0 Å². The van der Waals surface area contributed by atoms with Crippen LogP contribution in [0, 0.1) is 99.1 Å². The molecule has 6 aliphatic carbocycles. The molecule has 0 aromatic rings. The fourth-order valence-electron chi connectivity index (χ4n) is 24.9. The van der Waals surface area contributed by atoms with E-state index in [1.165, 1.54) is 284 Å². The molecule has 6 saturated carbocycles. The third-order valence-corrected chi connectivity index (χ3v) is 30.1. The van der Waals surface area contributed by atoms with E-state index < -0.39 is 0 Å². The van der Waals surface area contributed by atoms with Crippen LogP contribution in [0.25, 0.3) is 0 Å². The zero-order valence-electron chi connectivity index (χ0n) is 68.6. The summed E-state index contributed by atoms with van der Waals surface area (Å²) in [5, 5.41) is 0. The monoisotopic (exact) mass is 1350 g/mol. The molecule has 0 aromatic carbocycles. The third kappa shape index (κ3) is 24.1. The second-order valence-corrected chi connectivity index (χ2v) is 40.9. The van der Waals surface area contributed by atoms with Crippen LogP contribution in [0.2, 0.25) is 0 Å². The molecule has 13 aliphatic heterocycles. The second-order valence-electron chi connectivity index (χ2n) is 40.9. The summed E-state index contributed by atoms with van der Waals surface area (Å²) in [6.07, 6.45) is 43.9. The van der Waals surface area contributed by atoms with Gasteiger partial charge >= 0.3 is 0 Å². The van der Waals surface area contributed by atoms with E-state index in [4.69, 9.17) is 0 Å².